The molecule has 0 unspecified atom stereocenters. The molecular formula is C7H3BrF2INO. The third-order valence-electron chi connectivity index (χ3n) is 1.36. The normalized spacial score (nSPS) is 10.5. The van der Waals surface area contributed by atoms with E-state index in [1.807, 2.05) is 22.6 Å². The van der Waals surface area contributed by atoms with Crippen LogP contribution in [-0.2, 0) is 0 Å². The third-order valence-corrected chi connectivity index (χ3v) is 3.05. The lowest BCUT2D eigenvalue weighted by Gasteiger charge is -2.05. The van der Waals surface area contributed by atoms with E-state index in [9.17, 15) is 13.6 Å². The second-order valence-corrected chi connectivity index (χ2v) is 4.09. The van der Waals surface area contributed by atoms with Crippen LogP contribution in [-0.4, -0.2) is 11.3 Å². The van der Waals surface area contributed by atoms with E-state index in [0.717, 1.165) is 0 Å². The van der Waals surface area contributed by atoms with E-state index < -0.39 is 12.1 Å². The van der Waals surface area contributed by atoms with Crippen LogP contribution in [0.25, 0.3) is 0 Å². The van der Waals surface area contributed by atoms with Crippen LogP contribution < -0.4 is 0 Å². The Bertz CT molecular complexity index is 346. The molecule has 1 rings (SSSR count). The summed E-state index contributed by atoms with van der Waals surface area (Å²) in [5, 5.41) is 0. The van der Waals surface area contributed by atoms with Crippen LogP contribution in [0.15, 0.2) is 10.7 Å². The first-order valence-corrected chi connectivity index (χ1v) is 5.02. The number of halogens is 4. The van der Waals surface area contributed by atoms with Gasteiger partial charge in [0.2, 0.25) is 0 Å². The van der Waals surface area contributed by atoms with Crippen molar-refractivity contribution in [2.75, 3.05) is 0 Å². The minimum atomic E-state index is -2.68. The molecule has 1 aromatic rings. The molecule has 6 heteroatoms. The van der Waals surface area contributed by atoms with E-state index in [0.29, 0.717) is 9.86 Å². The monoisotopic (exact) mass is 361 g/mol. The van der Waals surface area contributed by atoms with Crippen molar-refractivity contribution in [3.05, 3.63) is 25.5 Å². The number of rotatable bonds is 2. The first-order chi connectivity index (χ1) is 6.07. The van der Waals surface area contributed by atoms with Gasteiger partial charge in [0.15, 0.2) is 6.29 Å². The quantitative estimate of drug-likeness (QED) is 0.598. The number of carbonyl (C=O) groups excluding carboxylic acids is 1. The summed E-state index contributed by atoms with van der Waals surface area (Å²) in [7, 11) is 0. The van der Waals surface area contributed by atoms with Crippen molar-refractivity contribution in [2.45, 2.75) is 6.43 Å². The molecule has 0 aliphatic carbocycles. The van der Waals surface area contributed by atoms with Gasteiger partial charge in [-0.05, 0) is 38.5 Å². The van der Waals surface area contributed by atoms with Gasteiger partial charge in [0.1, 0.15) is 5.69 Å². The highest BCUT2D eigenvalue weighted by atomic mass is 127. The number of carbonyl (C=O) groups is 1. The van der Waals surface area contributed by atoms with Crippen molar-refractivity contribution in [1.82, 2.24) is 4.98 Å². The van der Waals surface area contributed by atoms with Crippen molar-refractivity contribution >= 4 is 44.8 Å². The second kappa shape index (κ2) is 4.41. The molecule has 0 aliphatic rings. The van der Waals surface area contributed by atoms with Crippen LogP contribution >= 0.6 is 38.5 Å². The molecule has 1 aromatic heterocycles. The van der Waals surface area contributed by atoms with Crippen LogP contribution in [0, 0.1) is 3.57 Å². The molecule has 0 saturated carbocycles. The lowest BCUT2D eigenvalue weighted by molar-refractivity contribution is 0.112. The van der Waals surface area contributed by atoms with Gasteiger partial charge in [-0.1, -0.05) is 0 Å². The minimum Gasteiger partial charge on any atom is -0.298 e. The number of aromatic nitrogens is 1. The SMILES string of the molecule is O=Cc1c(I)cnc(C(F)F)c1Br. The Balaban J connectivity index is 3.35. The number of hydrogen-bond acceptors (Lipinski definition) is 2. The topological polar surface area (TPSA) is 30.0 Å². The van der Waals surface area contributed by atoms with Gasteiger partial charge in [0.25, 0.3) is 6.43 Å². The van der Waals surface area contributed by atoms with Gasteiger partial charge in [-0.3, -0.25) is 9.78 Å². The second-order valence-electron chi connectivity index (χ2n) is 2.14. The summed E-state index contributed by atoms with van der Waals surface area (Å²) < 4.78 is 25.1. The van der Waals surface area contributed by atoms with Crippen LogP contribution in [0.1, 0.15) is 22.5 Å². The van der Waals surface area contributed by atoms with E-state index in [-0.39, 0.29) is 10.0 Å². The maximum atomic E-state index is 12.3. The van der Waals surface area contributed by atoms with Gasteiger partial charge in [0.05, 0.1) is 4.47 Å². The Morgan fingerprint density at radius 2 is 2.23 bits per heavy atom. The van der Waals surface area contributed by atoms with Crippen molar-refractivity contribution in [3.8, 4) is 0 Å². The average molecular weight is 362 g/mol. The molecule has 13 heavy (non-hydrogen) atoms. The number of nitrogens with zero attached hydrogens (tertiary/aromatic N) is 1. The summed E-state index contributed by atoms with van der Waals surface area (Å²) >= 11 is 4.77. The molecule has 0 fully saturated rings. The average Bonchev–Trinajstić information content (AvgIpc) is 2.04. The summed E-state index contributed by atoms with van der Waals surface area (Å²) in [6.07, 6.45) is -0.902. The molecule has 1 heterocycles. The lowest BCUT2D eigenvalue weighted by Crippen LogP contribution is -1.98. The largest absolute Gasteiger partial charge is 0.298 e. The standard InChI is InChI=1S/C7H3BrF2INO/c8-5-3(2-13)4(11)1-12-6(5)7(9)10/h1-2,7H. The fourth-order valence-electron chi connectivity index (χ4n) is 0.755. The highest BCUT2D eigenvalue weighted by Gasteiger charge is 2.17. The van der Waals surface area contributed by atoms with E-state index in [2.05, 4.69) is 20.9 Å². The van der Waals surface area contributed by atoms with Gasteiger partial charge in [-0.25, -0.2) is 8.78 Å². The molecule has 0 radical (unpaired) electrons. The van der Waals surface area contributed by atoms with Crippen LogP contribution in [0.3, 0.4) is 0 Å². The smallest absolute Gasteiger partial charge is 0.281 e. The molecule has 0 aliphatic heterocycles. The maximum absolute atomic E-state index is 12.3. The lowest BCUT2D eigenvalue weighted by atomic mass is 10.2. The molecule has 0 bridgehead atoms. The predicted octanol–water partition coefficient (Wildman–Crippen LogP) is 3.20. The Morgan fingerprint density at radius 1 is 1.62 bits per heavy atom. The highest BCUT2D eigenvalue weighted by Crippen LogP contribution is 2.29. The van der Waals surface area contributed by atoms with Crippen molar-refractivity contribution in [2.24, 2.45) is 0 Å². The summed E-state index contributed by atoms with van der Waals surface area (Å²) in [6.45, 7) is 0. The van der Waals surface area contributed by atoms with Crippen molar-refractivity contribution in [1.29, 1.82) is 0 Å². The summed E-state index contributed by atoms with van der Waals surface area (Å²) in [4.78, 5) is 14.0. The Labute approximate surface area is 95.0 Å². The van der Waals surface area contributed by atoms with Gasteiger partial charge in [0, 0.05) is 15.3 Å². The third kappa shape index (κ3) is 2.22. The minimum absolute atomic E-state index is 0.0735. The molecule has 70 valence electrons. The molecule has 0 saturated heterocycles. The van der Waals surface area contributed by atoms with Crippen LogP contribution in [0.2, 0.25) is 0 Å². The molecule has 0 spiro atoms. The zero-order chi connectivity index (χ0) is 10.0. The van der Waals surface area contributed by atoms with Crippen molar-refractivity contribution in [3.63, 3.8) is 0 Å². The fourth-order valence-corrected chi connectivity index (χ4v) is 2.24. The predicted molar refractivity (Wildman–Crippen MR) is 55.0 cm³/mol. The van der Waals surface area contributed by atoms with Crippen molar-refractivity contribution < 1.29 is 13.6 Å². The summed E-state index contributed by atoms with van der Waals surface area (Å²) in [6, 6.07) is 0. The highest BCUT2D eigenvalue weighted by molar-refractivity contribution is 14.1. The Morgan fingerprint density at radius 3 is 2.69 bits per heavy atom. The molecule has 0 amide bonds. The number of aldehydes is 1. The van der Waals surface area contributed by atoms with Gasteiger partial charge < -0.3 is 0 Å². The molecule has 2 nitrogen and oxygen atoms in total. The Kier molecular flexibility index (Phi) is 3.72. The number of alkyl halides is 2. The zero-order valence-corrected chi connectivity index (χ0v) is 9.84. The first-order valence-electron chi connectivity index (χ1n) is 3.15. The molecule has 0 N–H and O–H groups in total. The summed E-state index contributed by atoms with van der Waals surface area (Å²) in [5.41, 5.74) is -0.187. The van der Waals surface area contributed by atoms with Gasteiger partial charge in [-0.15, -0.1) is 0 Å². The molecule has 0 atom stereocenters. The van der Waals surface area contributed by atoms with E-state index >= 15 is 0 Å². The number of pyridine rings is 1. The number of hydrogen-bond donors (Lipinski definition) is 0. The fraction of sp³-hybridized carbons (Fsp3) is 0.143. The van der Waals surface area contributed by atoms with E-state index in [1.165, 1.54) is 6.20 Å². The van der Waals surface area contributed by atoms with E-state index in [1.54, 1.807) is 0 Å². The maximum Gasteiger partial charge on any atom is 0.281 e. The van der Waals surface area contributed by atoms with Gasteiger partial charge >= 0.3 is 0 Å². The molecule has 0 aromatic carbocycles. The summed E-state index contributed by atoms with van der Waals surface area (Å²) in [5.74, 6) is 0. The van der Waals surface area contributed by atoms with Crippen LogP contribution in [0.5, 0.6) is 0 Å². The first kappa shape index (κ1) is 11.0. The Hall–Kier alpha value is -0.110. The van der Waals surface area contributed by atoms with Crippen LogP contribution in [0.4, 0.5) is 8.78 Å². The van der Waals surface area contributed by atoms with Gasteiger partial charge in [-0.2, -0.15) is 0 Å². The van der Waals surface area contributed by atoms with E-state index in [4.69, 9.17) is 0 Å². The molecular weight excluding hydrogens is 359 g/mol. The zero-order valence-electron chi connectivity index (χ0n) is 6.10.